The molecule has 1 aliphatic heterocycles. The molecule has 0 bridgehead atoms. The fourth-order valence-electron chi connectivity index (χ4n) is 4.43. The molecule has 3 rings (SSSR count). The average Bonchev–Trinajstić information content (AvgIpc) is 2.74. The summed E-state index contributed by atoms with van der Waals surface area (Å²) in [5.41, 5.74) is 4.01. The Bertz CT molecular complexity index is 674. The highest BCUT2D eigenvalue weighted by Crippen LogP contribution is 2.44. The molecule has 1 saturated carbocycles. The Labute approximate surface area is 143 Å². The lowest BCUT2D eigenvalue weighted by atomic mass is 9.75. The second-order valence-electron chi connectivity index (χ2n) is 7.43. The minimum absolute atomic E-state index is 0.146. The van der Waals surface area contributed by atoms with E-state index >= 15 is 0 Å². The monoisotopic (exact) mass is 329 g/mol. The fourth-order valence-corrected chi connectivity index (χ4v) is 4.43. The second kappa shape index (κ2) is 6.25. The Morgan fingerprint density at radius 1 is 1.21 bits per heavy atom. The molecule has 1 spiro atoms. The molecule has 1 fully saturated rings. The lowest BCUT2D eigenvalue weighted by Crippen LogP contribution is -2.47. The smallest absolute Gasteiger partial charge is 0.256 e. The summed E-state index contributed by atoms with van der Waals surface area (Å²) < 4.78 is 5.25. The summed E-state index contributed by atoms with van der Waals surface area (Å²) in [6.45, 7) is 6.80. The summed E-state index contributed by atoms with van der Waals surface area (Å²) in [7, 11) is 1.72. The molecule has 1 heterocycles. The highest BCUT2D eigenvalue weighted by molar-refractivity contribution is 6.23. The molecular formula is C20H27NO3. The molecule has 1 aromatic rings. The van der Waals surface area contributed by atoms with Crippen LogP contribution in [0.4, 0.5) is 0 Å². The lowest BCUT2D eigenvalue weighted by molar-refractivity contribution is -0.116. The summed E-state index contributed by atoms with van der Waals surface area (Å²) in [5, 5.41) is 14.1. The number of hydrogen-bond donors (Lipinski definition) is 2. The number of carbonyl (C=O) groups excluding carboxylic acids is 1. The van der Waals surface area contributed by atoms with Crippen molar-refractivity contribution in [3.63, 3.8) is 0 Å². The zero-order valence-electron chi connectivity index (χ0n) is 15.0. The molecule has 4 nitrogen and oxygen atoms in total. The van der Waals surface area contributed by atoms with Crippen LogP contribution in [0.5, 0.6) is 0 Å². The maximum Gasteiger partial charge on any atom is 0.256 e. The van der Waals surface area contributed by atoms with Crippen LogP contribution in [0, 0.1) is 26.7 Å². The van der Waals surface area contributed by atoms with E-state index in [1.54, 1.807) is 7.11 Å². The van der Waals surface area contributed by atoms with E-state index in [1.807, 2.05) is 20.8 Å². The van der Waals surface area contributed by atoms with E-state index in [0.717, 1.165) is 49.0 Å². The van der Waals surface area contributed by atoms with E-state index in [2.05, 4.69) is 17.4 Å². The van der Waals surface area contributed by atoms with Crippen molar-refractivity contribution in [3.05, 3.63) is 40.1 Å². The molecule has 130 valence electrons. The summed E-state index contributed by atoms with van der Waals surface area (Å²) in [4.78, 5) is 12.7. The van der Waals surface area contributed by atoms with Crippen molar-refractivity contribution in [2.45, 2.75) is 52.0 Å². The quantitative estimate of drug-likeness (QED) is 0.891. The summed E-state index contributed by atoms with van der Waals surface area (Å²) >= 11 is 0. The van der Waals surface area contributed by atoms with Gasteiger partial charge < -0.3 is 15.2 Å². The van der Waals surface area contributed by atoms with Crippen molar-refractivity contribution in [1.82, 2.24) is 5.32 Å². The number of ether oxygens (including phenoxy) is 1. The van der Waals surface area contributed by atoms with Crippen molar-refractivity contribution < 1.29 is 14.6 Å². The molecule has 1 amide bonds. The normalized spacial score (nSPS) is 27.0. The van der Waals surface area contributed by atoms with Gasteiger partial charge in [0.05, 0.1) is 11.1 Å². The largest absolute Gasteiger partial charge is 0.509 e. The van der Waals surface area contributed by atoms with E-state index in [-0.39, 0.29) is 11.7 Å². The maximum absolute atomic E-state index is 12.7. The lowest BCUT2D eigenvalue weighted by Gasteiger charge is -2.37. The van der Waals surface area contributed by atoms with E-state index < -0.39 is 5.54 Å². The predicted molar refractivity (Wildman–Crippen MR) is 94.9 cm³/mol. The van der Waals surface area contributed by atoms with E-state index in [0.29, 0.717) is 11.5 Å². The van der Waals surface area contributed by atoms with Crippen LogP contribution in [0.1, 0.15) is 47.9 Å². The van der Waals surface area contributed by atoms with Gasteiger partial charge in [0, 0.05) is 13.7 Å². The number of aryl methyl sites for hydroxylation is 3. The molecule has 0 radical (unpaired) electrons. The Balaban J connectivity index is 1.98. The topological polar surface area (TPSA) is 58.6 Å². The number of methoxy groups -OCH3 is 1. The van der Waals surface area contributed by atoms with Gasteiger partial charge in [-0.25, -0.2) is 0 Å². The Morgan fingerprint density at radius 2 is 1.79 bits per heavy atom. The van der Waals surface area contributed by atoms with Crippen LogP contribution in [0.3, 0.4) is 0 Å². The summed E-state index contributed by atoms with van der Waals surface area (Å²) in [6, 6.07) is 4.13. The number of amides is 1. The number of hydrogen-bond acceptors (Lipinski definition) is 3. The zero-order valence-corrected chi connectivity index (χ0v) is 15.0. The zero-order chi connectivity index (χ0) is 17.5. The molecule has 4 heteroatoms. The fraction of sp³-hybridized carbons (Fsp3) is 0.550. The Kier molecular flexibility index (Phi) is 4.43. The highest BCUT2D eigenvalue weighted by Gasteiger charge is 2.48. The average molecular weight is 329 g/mol. The van der Waals surface area contributed by atoms with Gasteiger partial charge in [-0.15, -0.1) is 0 Å². The minimum Gasteiger partial charge on any atom is -0.509 e. The SMILES string of the molecule is COCC1CCC2(CC1)NC(=O)C(c1c(C)cc(C)cc1C)=C2O. The maximum atomic E-state index is 12.7. The number of carbonyl (C=O) groups is 1. The number of aliphatic hydroxyl groups is 1. The van der Waals surface area contributed by atoms with Gasteiger partial charge in [-0.2, -0.15) is 0 Å². The van der Waals surface area contributed by atoms with Crippen molar-refractivity contribution in [3.8, 4) is 0 Å². The highest BCUT2D eigenvalue weighted by atomic mass is 16.5. The van der Waals surface area contributed by atoms with E-state index in [4.69, 9.17) is 4.74 Å². The molecule has 2 aliphatic rings. The van der Waals surface area contributed by atoms with Crippen LogP contribution in [0.25, 0.3) is 5.57 Å². The summed E-state index contributed by atoms with van der Waals surface area (Å²) in [6.07, 6.45) is 3.45. The van der Waals surface area contributed by atoms with Crippen LogP contribution in [-0.4, -0.2) is 30.3 Å². The molecule has 0 aromatic heterocycles. The summed E-state index contributed by atoms with van der Waals surface area (Å²) in [5.74, 6) is 0.600. The van der Waals surface area contributed by atoms with Gasteiger partial charge in [0.15, 0.2) is 0 Å². The third kappa shape index (κ3) is 2.73. The van der Waals surface area contributed by atoms with Crippen molar-refractivity contribution in [1.29, 1.82) is 0 Å². The number of benzene rings is 1. The molecule has 0 saturated heterocycles. The Hall–Kier alpha value is -1.81. The van der Waals surface area contributed by atoms with Gasteiger partial charge in [-0.3, -0.25) is 4.79 Å². The van der Waals surface area contributed by atoms with E-state index in [1.165, 1.54) is 5.56 Å². The van der Waals surface area contributed by atoms with Gasteiger partial charge in [0.25, 0.3) is 5.91 Å². The third-order valence-corrected chi connectivity index (χ3v) is 5.56. The second-order valence-corrected chi connectivity index (χ2v) is 7.43. The minimum atomic E-state index is -0.583. The van der Waals surface area contributed by atoms with E-state index in [9.17, 15) is 9.90 Å². The van der Waals surface area contributed by atoms with Gasteiger partial charge in [-0.1, -0.05) is 17.7 Å². The van der Waals surface area contributed by atoms with Crippen molar-refractivity contribution in [2.24, 2.45) is 5.92 Å². The number of aliphatic hydroxyl groups excluding tert-OH is 1. The molecule has 2 N–H and O–H groups in total. The van der Waals surface area contributed by atoms with Gasteiger partial charge in [-0.05, 0) is 69.1 Å². The molecule has 0 atom stereocenters. The van der Waals surface area contributed by atoms with Crippen LogP contribution < -0.4 is 5.32 Å². The van der Waals surface area contributed by atoms with Crippen molar-refractivity contribution in [2.75, 3.05) is 13.7 Å². The number of rotatable bonds is 3. The molecule has 1 aromatic carbocycles. The Morgan fingerprint density at radius 3 is 2.33 bits per heavy atom. The van der Waals surface area contributed by atoms with Crippen LogP contribution in [-0.2, 0) is 9.53 Å². The van der Waals surface area contributed by atoms with Gasteiger partial charge >= 0.3 is 0 Å². The molecule has 1 aliphatic carbocycles. The van der Waals surface area contributed by atoms with Gasteiger partial charge in [0.1, 0.15) is 5.76 Å². The van der Waals surface area contributed by atoms with Crippen LogP contribution in [0.15, 0.2) is 17.9 Å². The first-order valence-corrected chi connectivity index (χ1v) is 8.71. The molecule has 0 unspecified atom stereocenters. The van der Waals surface area contributed by atoms with Crippen LogP contribution >= 0.6 is 0 Å². The third-order valence-electron chi connectivity index (χ3n) is 5.56. The first kappa shape index (κ1) is 17.0. The standard InChI is InChI=1S/C20H27NO3/c1-12-9-13(2)16(14(3)10-12)17-18(22)20(21-19(17)23)7-5-15(6-8-20)11-24-4/h9-10,15,22H,5-8,11H2,1-4H3,(H,21,23). The first-order chi connectivity index (χ1) is 11.4. The number of nitrogens with one attached hydrogen (secondary N) is 1. The van der Waals surface area contributed by atoms with Crippen molar-refractivity contribution >= 4 is 11.5 Å². The molecule has 24 heavy (non-hydrogen) atoms. The van der Waals surface area contributed by atoms with Crippen LogP contribution in [0.2, 0.25) is 0 Å². The van der Waals surface area contributed by atoms with Gasteiger partial charge in [0.2, 0.25) is 0 Å². The molecular weight excluding hydrogens is 302 g/mol. The predicted octanol–water partition coefficient (Wildman–Crippen LogP) is 3.59. The first-order valence-electron chi connectivity index (χ1n) is 8.71.